The van der Waals surface area contributed by atoms with E-state index in [0.29, 0.717) is 0 Å². The minimum absolute atomic E-state index is 0.834. The van der Waals surface area contributed by atoms with E-state index in [9.17, 15) is 0 Å². The summed E-state index contributed by atoms with van der Waals surface area (Å²) in [6, 6.07) is 0.834. The van der Waals surface area contributed by atoms with E-state index >= 15 is 0 Å². The molecule has 1 radical (unpaired) electrons. The molecular formula is C13H27N2. The molecule has 0 aromatic heterocycles. The zero-order chi connectivity index (χ0) is 10.9. The van der Waals surface area contributed by atoms with Crippen molar-refractivity contribution in [3.63, 3.8) is 0 Å². The summed E-state index contributed by atoms with van der Waals surface area (Å²) < 4.78 is 0. The van der Waals surface area contributed by atoms with Crippen molar-refractivity contribution in [2.45, 2.75) is 58.4 Å². The highest BCUT2D eigenvalue weighted by Crippen LogP contribution is 2.14. The van der Waals surface area contributed by atoms with Crippen LogP contribution in [0.5, 0.6) is 0 Å². The summed E-state index contributed by atoms with van der Waals surface area (Å²) in [5.74, 6) is 0. The Labute approximate surface area is 95.4 Å². The molecule has 0 aromatic carbocycles. The molecule has 1 rings (SSSR count). The number of unbranched alkanes of at least 4 members (excludes halogenated alkanes) is 2. The quantitative estimate of drug-likeness (QED) is 0.633. The molecule has 2 nitrogen and oxygen atoms in total. The van der Waals surface area contributed by atoms with E-state index in [0.717, 1.165) is 19.1 Å². The SMILES string of the molecule is CCCCN(CCCC)C1CC[N]CC1. The van der Waals surface area contributed by atoms with Gasteiger partial charge in [-0.1, -0.05) is 26.7 Å². The lowest BCUT2D eigenvalue weighted by molar-refractivity contribution is 0.156. The average Bonchev–Trinajstić information content (AvgIpc) is 2.30. The van der Waals surface area contributed by atoms with Crippen LogP contribution in [0.1, 0.15) is 52.4 Å². The molecule has 1 fully saturated rings. The Bertz CT molecular complexity index is 133. The lowest BCUT2D eigenvalue weighted by atomic mass is 10.0. The molecule has 89 valence electrons. The third-order valence-corrected chi connectivity index (χ3v) is 3.36. The first-order valence-electron chi connectivity index (χ1n) is 6.75. The smallest absolute Gasteiger partial charge is 0.0148 e. The van der Waals surface area contributed by atoms with Crippen molar-refractivity contribution < 1.29 is 0 Å². The number of hydrogen-bond acceptors (Lipinski definition) is 1. The number of hydrogen-bond donors (Lipinski definition) is 0. The van der Waals surface area contributed by atoms with Gasteiger partial charge in [0, 0.05) is 19.1 Å². The van der Waals surface area contributed by atoms with Gasteiger partial charge < -0.3 is 4.90 Å². The van der Waals surface area contributed by atoms with Crippen molar-refractivity contribution >= 4 is 0 Å². The van der Waals surface area contributed by atoms with Crippen molar-refractivity contribution in [3.8, 4) is 0 Å². The minimum Gasteiger partial charge on any atom is -0.300 e. The van der Waals surface area contributed by atoms with E-state index in [2.05, 4.69) is 24.1 Å². The Morgan fingerprint density at radius 1 is 1.00 bits per heavy atom. The first-order valence-corrected chi connectivity index (χ1v) is 6.75. The van der Waals surface area contributed by atoms with Crippen LogP contribution >= 0.6 is 0 Å². The van der Waals surface area contributed by atoms with Gasteiger partial charge in [0.15, 0.2) is 0 Å². The van der Waals surface area contributed by atoms with E-state index in [1.54, 1.807) is 0 Å². The number of piperidine rings is 1. The summed E-state index contributed by atoms with van der Waals surface area (Å²) in [4.78, 5) is 2.72. The maximum atomic E-state index is 4.44. The Kier molecular flexibility index (Phi) is 7.03. The zero-order valence-corrected chi connectivity index (χ0v) is 10.5. The Balaban J connectivity index is 2.30. The lowest BCUT2D eigenvalue weighted by Crippen LogP contribution is -2.42. The summed E-state index contributed by atoms with van der Waals surface area (Å²) >= 11 is 0. The molecule has 1 aliphatic rings. The molecule has 2 heteroatoms. The fourth-order valence-corrected chi connectivity index (χ4v) is 2.30. The molecular weight excluding hydrogens is 184 g/mol. The van der Waals surface area contributed by atoms with Gasteiger partial charge in [-0.15, -0.1) is 0 Å². The lowest BCUT2D eigenvalue weighted by Gasteiger charge is -2.34. The maximum absolute atomic E-state index is 4.44. The van der Waals surface area contributed by atoms with Crippen molar-refractivity contribution in [2.24, 2.45) is 0 Å². The zero-order valence-electron chi connectivity index (χ0n) is 10.5. The number of rotatable bonds is 7. The third-order valence-electron chi connectivity index (χ3n) is 3.36. The van der Waals surface area contributed by atoms with Crippen molar-refractivity contribution in [1.82, 2.24) is 10.2 Å². The summed E-state index contributed by atoms with van der Waals surface area (Å²) in [6.07, 6.45) is 7.95. The van der Waals surface area contributed by atoms with Gasteiger partial charge in [-0.25, -0.2) is 5.32 Å². The molecule has 0 N–H and O–H groups in total. The van der Waals surface area contributed by atoms with Crippen molar-refractivity contribution in [3.05, 3.63) is 0 Å². The van der Waals surface area contributed by atoms with Gasteiger partial charge in [0.05, 0.1) is 0 Å². The van der Waals surface area contributed by atoms with Gasteiger partial charge >= 0.3 is 0 Å². The van der Waals surface area contributed by atoms with Crippen molar-refractivity contribution in [2.75, 3.05) is 26.2 Å². The predicted octanol–water partition coefficient (Wildman–Crippen LogP) is 2.66. The highest BCUT2D eigenvalue weighted by atomic mass is 15.2. The van der Waals surface area contributed by atoms with E-state index < -0.39 is 0 Å². The summed E-state index contributed by atoms with van der Waals surface area (Å²) in [7, 11) is 0. The van der Waals surface area contributed by atoms with Crippen LogP contribution in [-0.2, 0) is 0 Å². The first kappa shape index (κ1) is 13.0. The second-order valence-corrected chi connectivity index (χ2v) is 4.65. The van der Waals surface area contributed by atoms with Gasteiger partial charge in [-0.3, -0.25) is 0 Å². The van der Waals surface area contributed by atoms with E-state index in [4.69, 9.17) is 0 Å². The molecule has 0 amide bonds. The Morgan fingerprint density at radius 2 is 1.53 bits per heavy atom. The van der Waals surface area contributed by atoms with E-state index in [-0.39, 0.29) is 0 Å². The molecule has 0 unspecified atom stereocenters. The van der Waals surface area contributed by atoms with Crippen LogP contribution in [-0.4, -0.2) is 37.1 Å². The van der Waals surface area contributed by atoms with Gasteiger partial charge in [0.25, 0.3) is 0 Å². The second kappa shape index (κ2) is 8.12. The van der Waals surface area contributed by atoms with Crippen LogP contribution in [0, 0.1) is 0 Å². The Hall–Kier alpha value is -0.0800. The van der Waals surface area contributed by atoms with Crippen LogP contribution in [0.4, 0.5) is 0 Å². The molecule has 1 saturated heterocycles. The van der Waals surface area contributed by atoms with Crippen LogP contribution < -0.4 is 5.32 Å². The molecule has 1 aliphatic heterocycles. The molecule has 0 aromatic rings. The summed E-state index contributed by atoms with van der Waals surface area (Å²) in [5.41, 5.74) is 0. The topological polar surface area (TPSA) is 17.3 Å². The molecule has 0 spiro atoms. The fourth-order valence-electron chi connectivity index (χ4n) is 2.30. The number of nitrogens with zero attached hydrogens (tertiary/aromatic N) is 2. The highest BCUT2D eigenvalue weighted by Gasteiger charge is 2.19. The molecule has 1 heterocycles. The predicted molar refractivity (Wildman–Crippen MR) is 66.3 cm³/mol. The monoisotopic (exact) mass is 211 g/mol. The molecule has 0 bridgehead atoms. The summed E-state index contributed by atoms with van der Waals surface area (Å²) in [6.45, 7) is 9.38. The molecule has 0 aliphatic carbocycles. The first-order chi connectivity index (χ1) is 7.38. The third kappa shape index (κ3) is 4.98. The van der Waals surface area contributed by atoms with Crippen LogP contribution in [0.25, 0.3) is 0 Å². The van der Waals surface area contributed by atoms with Crippen LogP contribution in [0.15, 0.2) is 0 Å². The van der Waals surface area contributed by atoms with Crippen molar-refractivity contribution in [1.29, 1.82) is 0 Å². The molecule has 0 saturated carbocycles. The van der Waals surface area contributed by atoms with Gasteiger partial charge in [-0.2, -0.15) is 0 Å². The largest absolute Gasteiger partial charge is 0.300 e. The van der Waals surface area contributed by atoms with Gasteiger partial charge in [0.1, 0.15) is 0 Å². The van der Waals surface area contributed by atoms with Crippen LogP contribution in [0.3, 0.4) is 0 Å². The summed E-state index contributed by atoms with van der Waals surface area (Å²) in [5, 5.41) is 4.44. The van der Waals surface area contributed by atoms with Gasteiger partial charge in [0.2, 0.25) is 0 Å². The standard InChI is InChI=1S/C13H27N2/c1-3-5-11-15(12-6-4-2)13-7-9-14-10-8-13/h13H,3-12H2,1-2H3. The van der Waals surface area contributed by atoms with Gasteiger partial charge in [-0.05, 0) is 38.8 Å². The maximum Gasteiger partial charge on any atom is 0.0148 e. The van der Waals surface area contributed by atoms with E-state index in [1.807, 2.05) is 0 Å². The van der Waals surface area contributed by atoms with Crippen LogP contribution in [0.2, 0.25) is 0 Å². The second-order valence-electron chi connectivity index (χ2n) is 4.65. The van der Waals surface area contributed by atoms with E-state index in [1.165, 1.54) is 51.6 Å². The normalized spacial score (nSPS) is 18.6. The molecule has 15 heavy (non-hydrogen) atoms. The molecule has 0 atom stereocenters. The fraction of sp³-hybridized carbons (Fsp3) is 1.00. The Morgan fingerprint density at radius 3 is 2.00 bits per heavy atom. The average molecular weight is 211 g/mol. The highest BCUT2D eigenvalue weighted by molar-refractivity contribution is 4.77. The minimum atomic E-state index is 0.834.